The van der Waals surface area contributed by atoms with Crippen LogP contribution in [0.15, 0.2) is 47.4 Å². The summed E-state index contributed by atoms with van der Waals surface area (Å²) in [6.07, 6.45) is 0. The molecule has 0 aliphatic rings. The molecule has 0 radical (unpaired) electrons. The lowest BCUT2D eigenvalue weighted by molar-refractivity contribution is -0.384. The van der Waals surface area contributed by atoms with E-state index in [0.717, 1.165) is 35.4 Å². The highest BCUT2D eigenvalue weighted by Gasteiger charge is 2.17. The molecular weight excluding hydrogens is 362 g/mol. The van der Waals surface area contributed by atoms with Gasteiger partial charge in [0.1, 0.15) is 5.75 Å². The van der Waals surface area contributed by atoms with Crippen LogP contribution in [0, 0.1) is 24.0 Å². The molecule has 2 rings (SSSR count). The first-order valence-electron chi connectivity index (χ1n) is 7.44. The fourth-order valence-corrected chi connectivity index (χ4v) is 2.78. The molecule has 0 aliphatic heterocycles. The Bertz CT molecular complexity index is 926. The minimum atomic E-state index is -4.05. The number of nitrogens with zero attached hydrogens (tertiary/aromatic N) is 1. The normalized spacial score (nSPS) is 11.0. The third-order valence-corrected chi connectivity index (χ3v) is 4.79. The summed E-state index contributed by atoms with van der Waals surface area (Å²) in [6, 6.07) is 9.56. The molecule has 26 heavy (non-hydrogen) atoms. The molecule has 0 fully saturated rings. The molecule has 0 saturated heterocycles. The number of nitro groups is 1. The topological polar surface area (TPSA) is 128 Å². The maximum atomic E-state index is 12.0. The summed E-state index contributed by atoms with van der Waals surface area (Å²) in [4.78, 5) is 23.3. The second-order valence-electron chi connectivity index (χ2n) is 5.44. The van der Waals surface area contributed by atoms with Crippen molar-refractivity contribution in [2.45, 2.75) is 18.7 Å². The quantitative estimate of drug-likeness (QED) is 0.555. The van der Waals surface area contributed by atoms with E-state index < -0.39 is 20.9 Å². The van der Waals surface area contributed by atoms with Gasteiger partial charge in [0.05, 0.1) is 9.82 Å². The van der Waals surface area contributed by atoms with E-state index in [1.807, 2.05) is 30.2 Å². The van der Waals surface area contributed by atoms with Crippen LogP contribution >= 0.6 is 0 Å². The highest BCUT2D eigenvalue weighted by Crippen LogP contribution is 2.16. The monoisotopic (exact) mass is 379 g/mol. The average Bonchev–Trinajstić information content (AvgIpc) is 2.61. The highest BCUT2D eigenvalue weighted by molar-refractivity contribution is 7.89. The van der Waals surface area contributed by atoms with E-state index in [9.17, 15) is 23.3 Å². The molecule has 9 nitrogen and oxygen atoms in total. The minimum Gasteiger partial charge on any atom is -0.484 e. The molecule has 0 aliphatic carbocycles. The minimum absolute atomic E-state index is 0.224. The van der Waals surface area contributed by atoms with Crippen LogP contribution in [-0.2, 0) is 14.8 Å². The first kappa shape index (κ1) is 19.3. The molecule has 0 bridgehead atoms. The number of ether oxygens (including phenoxy) is 1. The van der Waals surface area contributed by atoms with E-state index in [1.165, 1.54) is 0 Å². The number of hydrogen-bond donors (Lipinski definition) is 2. The predicted octanol–water partition coefficient (Wildman–Crippen LogP) is 1.60. The average molecular weight is 379 g/mol. The Balaban J connectivity index is 1.90. The summed E-state index contributed by atoms with van der Waals surface area (Å²) in [6.45, 7) is 3.46. The van der Waals surface area contributed by atoms with Gasteiger partial charge < -0.3 is 4.74 Å². The van der Waals surface area contributed by atoms with Crippen LogP contribution < -0.4 is 15.0 Å². The van der Waals surface area contributed by atoms with Gasteiger partial charge in [0.25, 0.3) is 21.6 Å². The van der Waals surface area contributed by atoms with Crippen LogP contribution in [-0.4, -0.2) is 25.9 Å². The van der Waals surface area contributed by atoms with E-state index in [-0.39, 0.29) is 17.2 Å². The summed E-state index contributed by atoms with van der Waals surface area (Å²) < 4.78 is 29.4. The number of benzene rings is 2. The van der Waals surface area contributed by atoms with Crippen molar-refractivity contribution in [1.29, 1.82) is 0 Å². The van der Waals surface area contributed by atoms with Crippen LogP contribution in [0.25, 0.3) is 0 Å². The number of nitro benzene ring substituents is 1. The SMILES string of the molecule is Cc1ccc(OCC(=O)NNS(=O)(=O)c2ccc([N+](=O)[O-])cc2)cc1C. The molecule has 2 N–H and O–H groups in total. The lowest BCUT2D eigenvalue weighted by atomic mass is 10.1. The third-order valence-electron chi connectivity index (χ3n) is 3.53. The Hall–Kier alpha value is -2.98. The zero-order valence-corrected chi connectivity index (χ0v) is 14.9. The van der Waals surface area contributed by atoms with Gasteiger partial charge in [0.15, 0.2) is 6.61 Å². The van der Waals surface area contributed by atoms with Gasteiger partial charge in [-0.1, -0.05) is 6.07 Å². The first-order valence-corrected chi connectivity index (χ1v) is 8.92. The number of nitrogens with one attached hydrogen (secondary N) is 2. The van der Waals surface area contributed by atoms with Gasteiger partial charge in [-0.15, -0.1) is 4.83 Å². The molecule has 0 unspecified atom stereocenters. The van der Waals surface area contributed by atoms with Gasteiger partial charge >= 0.3 is 0 Å². The van der Waals surface area contributed by atoms with Crippen LogP contribution in [0.4, 0.5) is 5.69 Å². The molecule has 0 spiro atoms. The number of rotatable bonds is 7. The number of non-ortho nitro benzene ring substituents is 1. The van der Waals surface area contributed by atoms with Crippen LogP contribution in [0.5, 0.6) is 5.75 Å². The second-order valence-corrected chi connectivity index (χ2v) is 7.12. The van der Waals surface area contributed by atoms with E-state index in [0.29, 0.717) is 5.75 Å². The van der Waals surface area contributed by atoms with Gasteiger partial charge in [-0.2, -0.15) is 0 Å². The summed E-state index contributed by atoms with van der Waals surface area (Å²) in [7, 11) is -4.05. The summed E-state index contributed by atoms with van der Waals surface area (Å²) in [5.74, 6) is -0.213. The largest absolute Gasteiger partial charge is 0.484 e. The first-order chi connectivity index (χ1) is 12.2. The zero-order valence-electron chi connectivity index (χ0n) is 14.1. The second kappa shape index (κ2) is 7.93. The van der Waals surface area contributed by atoms with Crippen molar-refractivity contribution in [2.75, 3.05) is 6.61 Å². The Morgan fingerprint density at radius 1 is 1.12 bits per heavy atom. The van der Waals surface area contributed by atoms with Crippen molar-refractivity contribution in [3.63, 3.8) is 0 Å². The zero-order chi connectivity index (χ0) is 19.3. The van der Waals surface area contributed by atoms with Gasteiger partial charge in [-0.05, 0) is 49.2 Å². The smallest absolute Gasteiger partial charge is 0.272 e. The van der Waals surface area contributed by atoms with Crippen LogP contribution in [0.2, 0.25) is 0 Å². The molecule has 10 heteroatoms. The number of amides is 1. The third kappa shape index (κ3) is 5.01. The Kier molecular flexibility index (Phi) is 5.90. The van der Waals surface area contributed by atoms with Gasteiger partial charge in [0.2, 0.25) is 0 Å². The Morgan fingerprint density at radius 2 is 1.77 bits per heavy atom. The summed E-state index contributed by atoms with van der Waals surface area (Å²) >= 11 is 0. The lowest BCUT2D eigenvalue weighted by Crippen LogP contribution is -2.43. The number of sulfonamides is 1. The predicted molar refractivity (Wildman–Crippen MR) is 93.0 cm³/mol. The van der Waals surface area contributed by atoms with Gasteiger partial charge in [-0.3, -0.25) is 20.3 Å². The van der Waals surface area contributed by atoms with Crippen molar-refractivity contribution in [1.82, 2.24) is 10.3 Å². The van der Waals surface area contributed by atoms with E-state index in [1.54, 1.807) is 12.1 Å². The van der Waals surface area contributed by atoms with Crippen molar-refractivity contribution < 1.29 is 22.9 Å². The molecule has 0 atom stereocenters. The van der Waals surface area contributed by atoms with E-state index in [2.05, 4.69) is 0 Å². The fraction of sp³-hybridized carbons (Fsp3) is 0.188. The fourth-order valence-electron chi connectivity index (χ4n) is 1.92. The molecular formula is C16H17N3O6S. The van der Waals surface area contributed by atoms with Crippen molar-refractivity contribution in [3.8, 4) is 5.75 Å². The van der Waals surface area contributed by atoms with E-state index >= 15 is 0 Å². The van der Waals surface area contributed by atoms with Crippen LogP contribution in [0.3, 0.4) is 0 Å². The molecule has 0 saturated carbocycles. The molecule has 0 aromatic heterocycles. The maximum absolute atomic E-state index is 12.0. The van der Waals surface area contributed by atoms with Gasteiger partial charge in [0, 0.05) is 12.1 Å². The van der Waals surface area contributed by atoms with Crippen molar-refractivity contribution in [3.05, 3.63) is 63.7 Å². The Labute approximate surface area is 150 Å². The molecule has 0 heterocycles. The summed E-state index contributed by atoms with van der Waals surface area (Å²) in [5, 5.41) is 10.6. The standard InChI is InChI=1S/C16H17N3O6S/c1-11-3-6-14(9-12(11)2)25-10-16(20)17-18-26(23,24)15-7-4-13(5-8-15)19(21)22/h3-9,18H,10H2,1-2H3,(H,17,20). The van der Waals surface area contributed by atoms with E-state index in [4.69, 9.17) is 4.74 Å². The van der Waals surface area contributed by atoms with Crippen LogP contribution in [0.1, 0.15) is 11.1 Å². The molecule has 2 aromatic rings. The summed E-state index contributed by atoms with van der Waals surface area (Å²) in [5.41, 5.74) is 3.86. The Morgan fingerprint density at radius 3 is 2.35 bits per heavy atom. The number of hydrazine groups is 1. The maximum Gasteiger partial charge on any atom is 0.272 e. The van der Waals surface area contributed by atoms with Crippen molar-refractivity contribution in [2.24, 2.45) is 0 Å². The molecule has 2 aromatic carbocycles. The van der Waals surface area contributed by atoms with Crippen molar-refractivity contribution >= 4 is 21.6 Å². The number of carbonyl (C=O) groups is 1. The number of carbonyl (C=O) groups excluding carboxylic acids is 1. The van der Waals surface area contributed by atoms with Gasteiger partial charge in [-0.25, -0.2) is 8.42 Å². The number of aryl methyl sites for hydroxylation is 2. The molecule has 138 valence electrons. The lowest BCUT2D eigenvalue weighted by Gasteiger charge is -2.10. The number of hydrogen-bond acceptors (Lipinski definition) is 6. The molecule has 1 amide bonds. The highest BCUT2D eigenvalue weighted by atomic mass is 32.2.